The highest BCUT2D eigenvalue weighted by atomic mass is 32.1. The first-order valence-electron chi connectivity index (χ1n) is 9.16. The van der Waals surface area contributed by atoms with Gasteiger partial charge in [0, 0.05) is 5.56 Å². The van der Waals surface area contributed by atoms with Gasteiger partial charge < -0.3 is 4.98 Å². The minimum absolute atomic E-state index is 0.284. The van der Waals surface area contributed by atoms with Crippen molar-refractivity contribution in [3.05, 3.63) is 80.6 Å². The van der Waals surface area contributed by atoms with Crippen molar-refractivity contribution in [1.82, 2.24) is 14.4 Å². The highest BCUT2D eigenvalue weighted by Crippen LogP contribution is 2.29. The van der Waals surface area contributed by atoms with Gasteiger partial charge in [0.25, 0.3) is 5.56 Å². The van der Waals surface area contributed by atoms with Crippen LogP contribution in [-0.2, 0) is 0 Å². The molecule has 0 saturated heterocycles. The highest BCUT2D eigenvalue weighted by Gasteiger charge is 2.19. The molecule has 5 aromatic rings. The summed E-state index contributed by atoms with van der Waals surface area (Å²) in [4.78, 5) is 21.1. The number of hydrogen-bond donors (Lipinski definition) is 1. The third kappa shape index (κ3) is 2.54. The Bertz CT molecular complexity index is 1620. The molecule has 7 heteroatoms. The molecule has 0 aliphatic heterocycles. The zero-order valence-electron chi connectivity index (χ0n) is 15.8. The number of hydrogen-bond acceptors (Lipinski definition) is 5. The number of para-hydroxylation sites is 3. The van der Waals surface area contributed by atoms with Gasteiger partial charge in [0.05, 0.1) is 32.4 Å². The second-order valence-corrected chi connectivity index (χ2v) is 7.84. The quantitative estimate of drug-likeness (QED) is 0.431. The molecule has 0 saturated carbocycles. The Kier molecular flexibility index (Phi) is 3.99. The number of aromatic nitrogens is 3. The first kappa shape index (κ1) is 17.9. The van der Waals surface area contributed by atoms with Crippen molar-refractivity contribution in [2.45, 2.75) is 6.92 Å². The molecule has 0 atom stereocenters. The predicted molar refractivity (Wildman–Crippen MR) is 118 cm³/mol. The predicted octanol–water partition coefficient (Wildman–Crippen LogP) is 4.63. The van der Waals surface area contributed by atoms with Crippen LogP contribution in [0.3, 0.4) is 0 Å². The maximum absolute atomic E-state index is 13.4. The average Bonchev–Trinajstić information content (AvgIpc) is 3.35. The number of H-pyrrole nitrogens is 1. The third-order valence-electron chi connectivity index (χ3n) is 5.12. The van der Waals surface area contributed by atoms with Crippen LogP contribution in [0.5, 0.6) is 0 Å². The van der Waals surface area contributed by atoms with Gasteiger partial charge >= 0.3 is 0 Å². The molecule has 0 radical (unpaired) electrons. The molecule has 30 heavy (non-hydrogen) atoms. The number of imidazole rings is 1. The van der Waals surface area contributed by atoms with E-state index in [4.69, 9.17) is 0 Å². The second-order valence-electron chi connectivity index (χ2n) is 6.81. The van der Waals surface area contributed by atoms with Crippen LogP contribution in [0.25, 0.3) is 38.5 Å². The number of nitriles is 2. The Morgan fingerprint density at radius 2 is 1.93 bits per heavy atom. The van der Waals surface area contributed by atoms with Crippen molar-refractivity contribution < 1.29 is 0 Å². The van der Waals surface area contributed by atoms with E-state index < -0.39 is 0 Å². The lowest BCUT2D eigenvalue weighted by Gasteiger charge is -2.06. The van der Waals surface area contributed by atoms with E-state index in [1.165, 1.54) is 15.7 Å². The van der Waals surface area contributed by atoms with Crippen LogP contribution in [0.1, 0.15) is 21.7 Å². The molecule has 0 aliphatic rings. The first-order valence-corrected chi connectivity index (χ1v) is 9.98. The standard InChI is InChI=1S/C23H13N5OS/c1-13-15(10-14(11-24)22-27-18-7-3-5-9-20(18)30-22)23(29)28-19-8-4-2-6-17(19)26-21(28)16(13)12-25/h2-10,26H,1H3. The normalized spacial score (nSPS) is 11.8. The fourth-order valence-corrected chi connectivity index (χ4v) is 4.57. The topological polar surface area (TPSA) is 97.7 Å². The monoisotopic (exact) mass is 407 g/mol. The fraction of sp³-hybridized carbons (Fsp3) is 0.0435. The van der Waals surface area contributed by atoms with Crippen LogP contribution < -0.4 is 5.56 Å². The van der Waals surface area contributed by atoms with Gasteiger partial charge in [-0.05, 0) is 42.8 Å². The van der Waals surface area contributed by atoms with Crippen molar-refractivity contribution >= 4 is 49.9 Å². The lowest BCUT2D eigenvalue weighted by Crippen LogP contribution is -2.18. The molecule has 0 spiro atoms. The zero-order valence-corrected chi connectivity index (χ0v) is 16.6. The Balaban J connectivity index is 1.83. The molecule has 0 fully saturated rings. The van der Waals surface area contributed by atoms with E-state index in [2.05, 4.69) is 22.1 Å². The summed E-state index contributed by atoms with van der Waals surface area (Å²) in [7, 11) is 0. The van der Waals surface area contributed by atoms with Crippen molar-refractivity contribution in [2.75, 3.05) is 0 Å². The molecule has 0 unspecified atom stereocenters. The largest absolute Gasteiger partial charge is 0.338 e. The number of rotatable bonds is 2. The summed E-state index contributed by atoms with van der Waals surface area (Å²) >= 11 is 1.40. The number of benzene rings is 2. The number of aromatic amines is 1. The zero-order chi connectivity index (χ0) is 20.8. The van der Waals surface area contributed by atoms with Gasteiger partial charge in [-0.1, -0.05) is 24.3 Å². The summed E-state index contributed by atoms with van der Waals surface area (Å²) in [6.45, 7) is 1.73. The molecule has 5 rings (SSSR count). The van der Waals surface area contributed by atoms with Gasteiger partial charge in [0.2, 0.25) is 0 Å². The molecule has 3 heterocycles. The smallest absolute Gasteiger partial charge is 0.264 e. The number of pyridine rings is 1. The second kappa shape index (κ2) is 6.70. The van der Waals surface area contributed by atoms with Crippen molar-refractivity contribution in [1.29, 1.82) is 10.5 Å². The lowest BCUT2D eigenvalue weighted by molar-refractivity contribution is 1.11. The van der Waals surface area contributed by atoms with Crippen molar-refractivity contribution in [3.8, 4) is 12.1 Å². The summed E-state index contributed by atoms with van der Waals surface area (Å²) in [6.07, 6.45) is 1.55. The van der Waals surface area contributed by atoms with Crippen LogP contribution >= 0.6 is 11.3 Å². The Morgan fingerprint density at radius 1 is 1.17 bits per heavy atom. The third-order valence-corrected chi connectivity index (χ3v) is 6.19. The van der Waals surface area contributed by atoms with Crippen LogP contribution in [0.15, 0.2) is 53.3 Å². The average molecular weight is 407 g/mol. The number of thiazole rings is 1. The molecule has 1 N–H and O–H groups in total. The fourth-order valence-electron chi connectivity index (χ4n) is 3.64. The number of allylic oxidation sites excluding steroid dienone is 1. The van der Waals surface area contributed by atoms with E-state index >= 15 is 0 Å². The van der Waals surface area contributed by atoms with Gasteiger partial charge in [0.1, 0.15) is 22.8 Å². The number of nitrogens with one attached hydrogen (secondary N) is 1. The molecular weight excluding hydrogens is 394 g/mol. The molecule has 3 aromatic heterocycles. The minimum atomic E-state index is -0.284. The molecule has 0 aliphatic carbocycles. The number of fused-ring (bicyclic) bond motifs is 4. The highest BCUT2D eigenvalue weighted by molar-refractivity contribution is 7.19. The van der Waals surface area contributed by atoms with E-state index in [-0.39, 0.29) is 5.56 Å². The van der Waals surface area contributed by atoms with Gasteiger partial charge in [-0.3, -0.25) is 9.20 Å². The van der Waals surface area contributed by atoms with Crippen LogP contribution in [0, 0.1) is 29.6 Å². The van der Waals surface area contributed by atoms with Crippen LogP contribution in [-0.4, -0.2) is 14.4 Å². The van der Waals surface area contributed by atoms with E-state index in [0.29, 0.717) is 38.4 Å². The van der Waals surface area contributed by atoms with E-state index in [9.17, 15) is 15.3 Å². The van der Waals surface area contributed by atoms with Crippen LogP contribution in [0.2, 0.25) is 0 Å². The Hall–Kier alpha value is -4.20. The molecule has 142 valence electrons. The SMILES string of the molecule is Cc1c(C=C(C#N)c2nc3ccccc3s2)c(=O)n2c([nH]c3ccccc32)c1C#N. The minimum Gasteiger partial charge on any atom is -0.338 e. The number of nitrogens with zero attached hydrogens (tertiary/aromatic N) is 4. The maximum Gasteiger partial charge on any atom is 0.264 e. The molecule has 0 amide bonds. The van der Waals surface area contributed by atoms with E-state index in [1.807, 2.05) is 48.5 Å². The van der Waals surface area contributed by atoms with Gasteiger partial charge in [-0.15, -0.1) is 11.3 Å². The summed E-state index contributed by atoms with van der Waals surface area (Å²) in [5.41, 5.74) is 3.92. The Morgan fingerprint density at radius 3 is 2.70 bits per heavy atom. The summed E-state index contributed by atoms with van der Waals surface area (Å²) in [5, 5.41) is 20.1. The summed E-state index contributed by atoms with van der Waals surface area (Å²) < 4.78 is 2.46. The van der Waals surface area contributed by atoms with Crippen molar-refractivity contribution in [2.24, 2.45) is 0 Å². The van der Waals surface area contributed by atoms with Crippen molar-refractivity contribution in [3.63, 3.8) is 0 Å². The van der Waals surface area contributed by atoms with Gasteiger partial charge in [-0.25, -0.2) is 4.98 Å². The van der Waals surface area contributed by atoms with E-state index in [1.54, 1.807) is 13.0 Å². The van der Waals surface area contributed by atoms with Crippen LogP contribution in [0.4, 0.5) is 0 Å². The summed E-state index contributed by atoms with van der Waals surface area (Å²) in [5.74, 6) is 0. The van der Waals surface area contributed by atoms with Gasteiger partial charge in [0.15, 0.2) is 0 Å². The summed E-state index contributed by atoms with van der Waals surface area (Å²) in [6, 6.07) is 19.4. The van der Waals surface area contributed by atoms with E-state index in [0.717, 1.165) is 15.7 Å². The molecular formula is C23H13N5OS. The maximum atomic E-state index is 13.4. The Labute approximate surface area is 174 Å². The molecule has 6 nitrogen and oxygen atoms in total. The molecule has 2 aromatic carbocycles. The van der Waals surface area contributed by atoms with Gasteiger partial charge in [-0.2, -0.15) is 10.5 Å². The first-order chi connectivity index (χ1) is 14.6. The molecule has 0 bridgehead atoms. The lowest BCUT2D eigenvalue weighted by atomic mass is 10.0.